The highest BCUT2D eigenvalue weighted by Gasteiger charge is 2.41. The molecule has 1 fully saturated rings. The van der Waals surface area contributed by atoms with Crippen LogP contribution < -0.4 is 5.11 Å². The van der Waals surface area contributed by atoms with Crippen LogP contribution in [-0.2, 0) is 17.5 Å². The second-order valence-electron chi connectivity index (χ2n) is 4.17. The number of rotatable bonds is 4. The van der Waals surface area contributed by atoms with Crippen molar-refractivity contribution in [3.05, 3.63) is 15.9 Å². The van der Waals surface area contributed by atoms with Gasteiger partial charge in [-0.25, -0.2) is 0 Å². The molecule has 0 spiro atoms. The van der Waals surface area contributed by atoms with E-state index in [0.29, 0.717) is 5.69 Å². The lowest BCUT2D eigenvalue weighted by Crippen LogP contribution is -2.24. The average molecular weight is 326 g/mol. The quantitative estimate of drug-likeness (QED) is 0.846. The minimum atomic E-state index is -4.55. The summed E-state index contributed by atoms with van der Waals surface area (Å²) in [5.41, 5.74) is -0.564. The fourth-order valence-electron chi connectivity index (χ4n) is 1.75. The molecule has 1 aromatic heterocycles. The second-order valence-corrected chi connectivity index (χ2v) is 4.96. The number of carboxylic acids is 1. The van der Waals surface area contributed by atoms with Crippen LogP contribution in [0.4, 0.5) is 13.2 Å². The molecule has 0 unspecified atom stereocenters. The lowest BCUT2D eigenvalue weighted by atomic mass is 10.2. The molecule has 1 heterocycles. The molecule has 0 atom stereocenters. The van der Waals surface area contributed by atoms with Crippen molar-refractivity contribution in [3.8, 4) is 0 Å². The van der Waals surface area contributed by atoms with Crippen LogP contribution in [0.2, 0.25) is 0 Å². The molecule has 1 saturated carbocycles. The number of carboxylic acid groups (broad SMARTS) is 1. The third-order valence-corrected chi connectivity index (χ3v) is 3.47. The Morgan fingerprint density at radius 2 is 2.11 bits per heavy atom. The standard InChI is InChI=1S/C10H10BrF3N2O2/c11-7-8(5-1-2-5)16(4-3-6(17)18)15-9(7)10(12,13)14/h5H,1-4H2,(H,17,18)/p-1. The molecule has 0 aliphatic heterocycles. The van der Waals surface area contributed by atoms with E-state index in [0.717, 1.165) is 17.5 Å². The summed E-state index contributed by atoms with van der Waals surface area (Å²) in [7, 11) is 0. The van der Waals surface area contributed by atoms with Crippen LogP contribution in [0.1, 0.15) is 36.6 Å². The number of carbonyl (C=O) groups excluding carboxylic acids is 1. The van der Waals surface area contributed by atoms with E-state index in [1.54, 1.807) is 0 Å². The van der Waals surface area contributed by atoms with Gasteiger partial charge in [-0.2, -0.15) is 18.3 Å². The smallest absolute Gasteiger partial charge is 0.436 e. The van der Waals surface area contributed by atoms with Gasteiger partial charge in [0.05, 0.1) is 10.2 Å². The van der Waals surface area contributed by atoms with E-state index in [-0.39, 0.29) is 23.4 Å². The highest BCUT2D eigenvalue weighted by Crippen LogP contribution is 2.46. The molecular formula is C10H9BrF3N2O2-. The first-order chi connectivity index (χ1) is 8.30. The Balaban J connectivity index is 2.35. The zero-order valence-corrected chi connectivity index (χ0v) is 10.7. The summed E-state index contributed by atoms with van der Waals surface area (Å²) in [4.78, 5) is 10.4. The van der Waals surface area contributed by atoms with Gasteiger partial charge in [0, 0.05) is 24.9 Å². The number of hydrogen-bond acceptors (Lipinski definition) is 3. The summed E-state index contributed by atoms with van der Waals surface area (Å²) in [6.45, 7) is -0.108. The first-order valence-electron chi connectivity index (χ1n) is 5.34. The van der Waals surface area contributed by atoms with Crippen LogP contribution in [-0.4, -0.2) is 15.7 Å². The zero-order chi connectivity index (χ0) is 13.5. The molecule has 0 aromatic carbocycles. The Morgan fingerprint density at radius 1 is 1.50 bits per heavy atom. The Labute approximate surface area is 109 Å². The van der Waals surface area contributed by atoms with Gasteiger partial charge in [-0.1, -0.05) is 0 Å². The third-order valence-electron chi connectivity index (χ3n) is 2.69. The number of alkyl halides is 3. The first-order valence-corrected chi connectivity index (χ1v) is 6.13. The fraction of sp³-hybridized carbons (Fsp3) is 0.600. The Bertz CT molecular complexity index is 480. The van der Waals surface area contributed by atoms with E-state index in [4.69, 9.17) is 0 Å². The van der Waals surface area contributed by atoms with Gasteiger partial charge in [0.1, 0.15) is 0 Å². The van der Waals surface area contributed by atoms with Crippen LogP contribution in [0.25, 0.3) is 0 Å². The van der Waals surface area contributed by atoms with Gasteiger partial charge in [0.25, 0.3) is 0 Å². The number of halogens is 4. The molecule has 2 rings (SSSR count). The van der Waals surface area contributed by atoms with Gasteiger partial charge in [-0.05, 0) is 28.8 Å². The van der Waals surface area contributed by atoms with Crippen LogP contribution in [0, 0.1) is 0 Å². The van der Waals surface area contributed by atoms with Gasteiger partial charge in [-0.15, -0.1) is 0 Å². The van der Waals surface area contributed by atoms with Gasteiger partial charge in [0.2, 0.25) is 0 Å². The Morgan fingerprint density at radius 3 is 2.56 bits per heavy atom. The van der Waals surface area contributed by atoms with Crippen LogP contribution in [0.5, 0.6) is 0 Å². The lowest BCUT2D eigenvalue weighted by molar-refractivity contribution is -0.306. The maximum atomic E-state index is 12.7. The molecule has 1 aromatic rings. The predicted molar refractivity (Wildman–Crippen MR) is 56.5 cm³/mol. The average Bonchev–Trinajstić information content (AvgIpc) is 2.99. The monoisotopic (exact) mass is 325 g/mol. The predicted octanol–water partition coefficient (Wildman–Crippen LogP) is 1.68. The van der Waals surface area contributed by atoms with E-state index >= 15 is 0 Å². The van der Waals surface area contributed by atoms with Gasteiger partial charge < -0.3 is 9.90 Å². The van der Waals surface area contributed by atoms with E-state index in [2.05, 4.69) is 21.0 Å². The summed E-state index contributed by atoms with van der Waals surface area (Å²) < 4.78 is 39.1. The van der Waals surface area contributed by atoms with Crippen molar-refractivity contribution in [2.45, 2.75) is 37.9 Å². The molecule has 0 radical (unpaired) electrons. The number of nitrogens with zero attached hydrogens (tertiary/aromatic N) is 2. The molecule has 100 valence electrons. The molecule has 0 saturated heterocycles. The molecule has 1 aliphatic rings. The van der Waals surface area contributed by atoms with Crippen molar-refractivity contribution in [1.29, 1.82) is 0 Å². The van der Waals surface area contributed by atoms with Crippen molar-refractivity contribution in [2.24, 2.45) is 0 Å². The van der Waals surface area contributed by atoms with Crippen LogP contribution in [0.3, 0.4) is 0 Å². The summed E-state index contributed by atoms with van der Waals surface area (Å²) in [6, 6.07) is 0. The molecule has 4 nitrogen and oxygen atoms in total. The molecule has 0 bridgehead atoms. The number of carbonyl (C=O) groups is 1. The van der Waals surface area contributed by atoms with E-state index in [1.807, 2.05) is 0 Å². The number of aryl methyl sites for hydroxylation is 1. The molecular weight excluding hydrogens is 317 g/mol. The van der Waals surface area contributed by atoms with Crippen LogP contribution in [0.15, 0.2) is 4.47 Å². The third kappa shape index (κ3) is 2.68. The Kier molecular flexibility index (Phi) is 3.39. The largest absolute Gasteiger partial charge is 0.550 e. The highest BCUT2D eigenvalue weighted by molar-refractivity contribution is 9.10. The van der Waals surface area contributed by atoms with Gasteiger partial charge in [-0.3, -0.25) is 4.68 Å². The molecule has 8 heteroatoms. The minimum absolute atomic E-state index is 0.0322. The van der Waals surface area contributed by atoms with Crippen molar-refractivity contribution >= 4 is 21.9 Å². The normalized spacial score (nSPS) is 16.0. The summed E-state index contributed by atoms with van der Waals surface area (Å²) in [5.74, 6) is -1.28. The topological polar surface area (TPSA) is 57.9 Å². The number of aromatic nitrogens is 2. The van der Waals surface area contributed by atoms with E-state index in [9.17, 15) is 23.1 Å². The minimum Gasteiger partial charge on any atom is -0.550 e. The van der Waals surface area contributed by atoms with Crippen molar-refractivity contribution in [1.82, 2.24) is 9.78 Å². The van der Waals surface area contributed by atoms with Gasteiger partial charge in [0.15, 0.2) is 5.69 Å². The van der Waals surface area contributed by atoms with E-state index in [1.165, 1.54) is 0 Å². The van der Waals surface area contributed by atoms with Crippen LogP contribution >= 0.6 is 15.9 Å². The fourth-order valence-corrected chi connectivity index (χ4v) is 2.58. The second kappa shape index (κ2) is 4.56. The SMILES string of the molecule is O=C([O-])CCn1nc(C(F)(F)F)c(Br)c1C1CC1. The van der Waals surface area contributed by atoms with Crippen molar-refractivity contribution < 1.29 is 23.1 Å². The van der Waals surface area contributed by atoms with Gasteiger partial charge >= 0.3 is 6.18 Å². The Hall–Kier alpha value is -1.05. The first kappa shape index (κ1) is 13.4. The highest BCUT2D eigenvalue weighted by atomic mass is 79.9. The molecule has 1 aliphatic carbocycles. The van der Waals surface area contributed by atoms with E-state index < -0.39 is 17.8 Å². The molecule has 0 amide bonds. The molecule has 0 N–H and O–H groups in total. The molecule has 18 heavy (non-hydrogen) atoms. The number of hydrogen-bond donors (Lipinski definition) is 0. The summed E-state index contributed by atoms with van der Waals surface area (Å²) >= 11 is 2.92. The lowest BCUT2D eigenvalue weighted by Gasteiger charge is -2.07. The maximum absolute atomic E-state index is 12.7. The van der Waals surface area contributed by atoms with Crippen molar-refractivity contribution in [3.63, 3.8) is 0 Å². The summed E-state index contributed by atoms with van der Waals surface area (Å²) in [6.07, 6.45) is -3.31. The maximum Gasteiger partial charge on any atom is 0.436 e. The zero-order valence-electron chi connectivity index (χ0n) is 9.13. The summed E-state index contributed by atoms with van der Waals surface area (Å²) in [5, 5.41) is 13.8. The number of aliphatic carboxylic acids is 1. The van der Waals surface area contributed by atoms with Crippen molar-refractivity contribution in [2.75, 3.05) is 0 Å².